The molecule has 69 heavy (non-hydrogen) atoms. The summed E-state index contributed by atoms with van der Waals surface area (Å²) >= 11 is 0. The molecule has 0 bridgehead atoms. The summed E-state index contributed by atoms with van der Waals surface area (Å²) in [7, 11) is 0. The first kappa shape index (κ1) is 40.5. The molecule has 1 aliphatic rings. The predicted molar refractivity (Wildman–Crippen MR) is 293 cm³/mol. The summed E-state index contributed by atoms with van der Waals surface area (Å²) in [6.45, 7) is 2.39. The van der Waals surface area contributed by atoms with Gasteiger partial charge in [-0.05, 0) is 142 Å². The summed E-state index contributed by atoms with van der Waals surface area (Å²) < 4.78 is 0. The Morgan fingerprint density at radius 1 is 0.290 bits per heavy atom. The molecule has 1 heteroatoms. The zero-order valence-corrected chi connectivity index (χ0v) is 38.4. The van der Waals surface area contributed by atoms with Crippen LogP contribution in [0.5, 0.6) is 0 Å². The molecule has 0 amide bonds. The van der Waals surface area contributed by atoms with Crippen LogP contribution in [0.4, 0.5) is 17.1 Å². The van der Waals surface area contributed by atoms with Gasteiger partial charge in [-0.3, -0.25) is 0 Å². The van der Waals surface area contributed by atoms with Gasteiger partial charge < -0.3 is 4.90 Å². The Balaban J connectivity index is 1.04. The van der Waals surface area contributed by atoms with Crippen LogP contribution in [0.15, 0.2) is 267 Å². The lowest BCUT2D eigenvalue weighted by atomic mass is 9.74. The summed E-state index contributed by atoms with van der Waals surface area (Å²) in [4.78, 5) is 2.47. The Morgan fingerprint density at radius 2 is 0.812 bits per heavy atom. The second-order valence-electron chi connectivity index (χ2n) is 18.5. The Morgan fingerprint density at radius 3 is 1.57 bits per heavy atom. The quantitative estimate of drug-likeness (QED) is 0.138. The van der Waals surface area contributed by atoms with Gasteiger partial charge >= 0.3 is 0 Å². The van der Waals surface area contributed by atoms with Gasteiger partial charge in [-0.25, -0.2) is 0 Å². The van der Waals surface area contributed by atoms with Crippen molar-refractivity contribution in [1.29, 1.82) is 0 Å². The Bertz CT molecular complexity index is 3890. The third-order valence-electron chi connectivity index (χ3n) is 14.7. The molecular weight excluding hydrogens is 831 g/mol. The molecule has 0 fully saturated rings. The molecule has 1 nitrogen and oxygen atoms in total. The number of para-hydroxylation sites is 1. The minimum atomic E-state index is -0.293. The molecule has 0 N–H and O–H groups in total. The van der Waals surface area contributed by atoms with Gasteiger partial charge in [0.15, 0.2) is 0 Å². The van der Waals surface area contributed by atoms with E-state index in [-0.39, 0.29) is 5.41 Å². The maximum absolute atomic E-state index is 2.47. The van der Waals surface area contributed by atoms with Crippen LogP contribution in [0.1, 0.15) is 23.6 Å². The normalized spacial score (nSPS) is 13.9. The third kappa shape index (κ3) is 6.61. The average Bonchev–Trinajstić information content (AvgIpc) is 3.69. The molecule has 0 heterocycles. The SMILES string of the molecule is CC1(c2ccccc2)c2ccccc2-c2cc(N(c3ccc(-c4cccc5ccccc45)cc3)c3ccccc3-c3ccc4c(c3)c(-c3ccccc3)c(-c3ccccc3)c3ccccc34)ccc21. The van der Waals surface area contributed by atoms with Crippen molar-refractivity contribution in [3.63, 3.8) is 0 Å². The zero-order valence-electron chi connectivity index (χ0n) is 38.4. The maximum atomic E-state index is 2.47. The van der Waals surface area contributed by atoms with Crippen LogP contribution in [0, 0.1) is 0 Å². The standard InChI is InChI=1S/C68H47N/c1-68(51-26-9-4-10-27-51)63-34-17-15-31-59(63)61-45-53(41-43-64(61)68)69(52-39-36-47(37-40-52)55-33-19-25-46-20-11-12-28-54(46)55)65-35-18-16-29-56(65)50-38-42-58-57-30-13-14-32-60(57)66(48-21-5-2-6-22-48)67(62(58)44-50)49-23-7-3-8-24-49/h2-45H,1H3. The summed E-state index contributed by atoms with van der Waals surface area (Å²) in [5, 5.41) is 7.47. The fourth-order valence-corrected chi connectivity index (χ4v) is 11.5. The molecule has 0 saturated heterocycles. The van der Waals surface area contributed by atoms with E-state index in [1.54, 1.807) is 0 Å². The summed E-state index contributed by atoms with van der Waals surface area (Å²) in [6, 6.07) is 98.4. The molecule has 12 aromatic rings. The number of hydrogen-bond acceptors (Lipinski definition) is 1. The summed E-state index contributed by atoms with van der Waals surface area (Å²) in [5.74, 6) is 0. The number of anilines is 3. The van der Waals surface area contributed by atoms with E-state index in [0.29, 0.717) is 0 Å². The molecule has 0 aromatic heterocycles. The number of hydrogen-bond donors (Lipinski definition) is 0. The highest BCUT2D eigenvalue weighted by atomic mass is 15.1. The lowest BCUT2D eigenvalue weighted by Gasteiger charge is -2.30. The minimum Gasteiger partial charge on any atom is -0.310 e. The van der Waals surface area contributed by atoms with Crippen molar-refractivity contribution in [3.8, 4) is 55.6 Å². The molecule has 13 rings (SSSR count). The summed E-state index contributed by atoms with van der Waals surface area (Å²) in [6.07, 6.45) is 0. The summed E-state index contributed by atoms with van der Waals surface area (Å²) in [5.41, 5.74) is 19.2. The first-order chi connectivity index (χ1) is 34.1. The molecule has 1 unspecified atom stereocenters. The van der Waals surface area contributed by atoms with E-state index in [2.05, 4.69) is 279 Å². The van der Waals surface area contributed by atoms with Gasteiger partial charge in [0, 0.05) is 22.4 Å². The molecule has 0 aliphatic heterocycles. The van der Waals surface area contributed by atoms with Gasteiger partial charge in [-0.2, -0.15) is 0 Å². The van der Waals surface area contributed by atoms with Crippen LogP contribution in [0.2, 0.25) is 0 Å². The van der Waals surface area contributed by atoms with Crippen LogP contribution < -0.4 is 4.90 Å². The zero-order chi connectivity index (χ0) is 45.9. The molecule has 12 aromatic carbocycles. The van der Waals surface area contributed by atoms with E-state index >= 15 is 0 Å². The van der Waals surface area contributed by atoms with Crippen molar-refractivity contribution in [2.45, 2.75) is 12.3 Å². The van der Waals surface area contributed by atoms with Crippen LogP contribution in [-0.4, -0.2) is 0 Å². The van der Waals surface area contributed by atoms with Gasteiger partial charge in [-0.1, -0.05) is 231 Å². The number of rotatable bonds is 8. The van der Waals surface area contributed by atoms with E-state index in [9.17, 15) is 0 Å². The van der Waals surface area contributed by atoms with Crippen molar-refractivity contribution in [2.24, 2.45) is 0 Å². The van der Waals surface area contributed by atoms with Gasteiger partial charge in [0.05, 0.1) is 5.69 Å². The lowest BCUT2D eigenvalue weighted by Crippen LogP contribution is -2.22. The highest BCUT2D eigenvalue weighted by Crippen LogP contribution is 2.54. The largest absolute Gasteiger partial charge is 0.310 e. The second kappa shape index (κ2) is 16.5. The van der Waals surface area contributed by atoms with Crippen molar-refractivity contribution in [2.75, 3.05) is 4.90 Å². The van der Waals surface area contributed by atoms with E-state index < -0.39 is 0 Å². The number of benzene rings is 12. The molecule has 0 radical (unpaired) electrons. The van der Waals surface area contributed by atoms with Crippen LogP contribution in [0.3, 0.4) is 0 Å². The Kier molecular flexibility index (Phi) is 9.70. The highest BCUT2D eigenvalue weighted by Gasteiger charge is 2.41. The molecule has 1 aliphatic carbocycles. The number of fused-ring (bicyclic) bond motifs is 7. The minimum absolute atomic E-state index is 0.293. The number of nitrogens with zero attached hydrogens (tertiary/aromatic N) is 1. The molecule has 0 saturated carbocycles. The van der Waals surface area contributed by atoms with Crippen LogP contribution in [-0.2, 0) is 5.41 Å². The third-order valence-corrected chi connectivity index (χ3v) is 14.7. The predicted octanol–water partition coefficient (Wildman–Crippen LogP) is 18.6. The van der Waals surface area contributed by atoms with E-state index in [4.69, 9.17) is 0 Å². The fourth-order valence-electron chi connectivity index (χ4n) is 11.5. The van der Waals surface area contributed by atoms with E-state index in [1.165, 1.54) is 93.5 Å². The lowest BCUT2D eigenvalue weighted by molar-refractivity contribution is 0.714. The smallest absolute Gasteiger partial charge is 0.0540 e. The first-order valence-electron chi connectivity index (χ1n) is 24.0. The topological polar surface area (TPSA) is 3.24 Å². The Hall–Kier alpha value is -8.78. The Labute approximate surface area is 403 Å². The van der Waals surface area contributed by atoms with Crippen LogP contribution >= 0.6 is 0 Å². The first-order valence-corrected chi connectivity index (χ1v) is 24.0. The molecule has 0 spiro atoms. The van der Waals surface area contributed by atoms with Gasteiger partial charge in [0.1, 0.15) is 0 Å². The molecule has 1 atom stereocenters. The maximum Gasteiger partial charge on any atom is 0.0540 e. The molecular formula is C68H47N. The average molecular weight is 878 g/mol. The fraction of sp³-hybridized carbons (Fsp3) is 0.0294. The van der Waals surface area contributed by atoms with E-state index in [0.717, 1.165) is 28.2 Å². The van der Waals surface area contributed by atoms with Crippen LogP contribution in [0.25, 0.3) is 88.0 Å². The van der Waals surface area contributed by atoms with Gasteiger partial charge in [0.2, 0.25) is 0 Å². The van der Waals surface area contributed by atoms with Crippen molar-refractivity contribution in [3.05, 3.63) is 284 Å². The van der Waals surface area contributed by atoms with E-state index in [1.807, 2.05) is 0 Å². The van der Waals surface area contributed by atoms with Crippen molar-refractivity contribution >= 4 is 49.4 Å². The van der Waals surface area contributed by atoms with Crippen molar-refractivity contribution < 1.29 is 0 Å². The monoisotopic (exact) mass is 877 g/mol. The van der Waals surface area contributed by atoms with Gasteiger partial charge in [-0.15, -0.1) is 0 Å². The highest BCUT2D eigenvalue weighted by molar-refractivity contribution is 6.22. The molecule has 324 valence electrons. The second-order valence-corrected chi connectivity index (χ2v) is 18.5. The van der Waals surface area contributed by atoms with Gasteiger partial charge in [0.25, 0.3) is 0 Å². The van der Waals surface area contributed by atoms with Crippen molar-refractivity contribution in [1.82, 2.24) is 0 Å².